The minimum Gasteiger partial charge on any atom is -0.497 e. The molecular weight excluding hydrogens is 259 g/mol. The molecular formula is C13H16F3NO2. The van der Waals surface area contributed by atoms with Crippen molar-refractivity contribution in [1.82, 2.24) is 5.32 Å². The predicted molar refractivity (Wildman–Crippen MR) is 65.1 cm³/mol. The summed E-state index contributed by atoms with van der Waals surface area (Å²) in [6, 6.07) is 6.97. The highest BCUT2D eigenvalue weighted by Gasteiger charge is 2.39. The number of amides is 1. The Labute approximate surface area is 109 Å². The maximum Gasteiger partial charge on any atom is 0.471 e. The van der Waals surface area contributed by atoms with Crippen molar-refractivity contribution in [2.75, 3.05) is 13.7 Å². The Kier molecular flexibility index (Phi) is 4.44. The predicted octanol–water partition coefficient (Wildman–Crippen LogP) is 2.65. The van der Waals surface area contributed by atoms with Gasteiger partial charge in [-0.3, -0.25) is 4.79 Å². The number of hydrogen-bond acceptors (Lipinski definition) is 2. The molecule has 0 spiro atoms. The fraction of sp³-hybridized carbons (Fsp3) is 0.462. The van der Waals surface area contributed by atoms with Gasteiger partial charge in [0.1, 0.15) is 5.75 Å². The van der Waals surface area contributed by atoms with E-state index in [1.165, 1.54) is 7.11 Å². The highest BCUT2D eigenvalue weighted by atomic mass is 19.4. The number of halogens is 3. The van der Waals surface area contributed by atoms with E-state index in [9.17, 15) is 18.0 Å². The molecule has 0 bridgehead atoms. The Hall–Kier alpha value is -1.72. The van der Waals surface area contributed by atoms with Gasteiger partial charge in [0.05, 0.1) is 7.11 Å². The maximum atomic E-state index is 12.1. The zero-order valence-electron chi connectivity index (χ0n) is 11.0. The van der Waals surface area contributed by atoms with E-state index in [1.54, 1.807) is 38.1 Å². The minimum atomic E-state index is -4.85. The van der Waals surface area contributed by atoms with Gasteiger partial charge in [0, 0.05) is 12.0 Å². The monoisotopic (exact) mass is 275 g/mol. The number of nitrogens with one attached hydrogen (secondary N) is 1. The van der Waals surface area contributed by atoms with Crippen LogP contribution in [0.1, 0.15) is 19.4 Å². The fourth-order valence-corrected chi connectivity index (χ4v) is 1.55. The maximum absolute atomic E-state index is 12.1. The molecule has 0 aliphatic rings. The van der Waals surface area contributed by atoms with Gasteiger partial charge in [-0.15, -0.1) is 0 Å². The molecule has 0 heterocycles. The molecule has 1 amide bonds. The zero-order chi connectivity index (χ0) is 14.7. The Morgan fingerprint density at radius 2 is 1.74 bits per heavy atom. The van der Waals surface area contributed by atoms with E-state index < -0.39 is 17.5 Å². The number of hydrogen-bond donors (Lipinski definition) is 1. The van der Waals surface area contributed by atoms with Crippen molar-refractivity contribution < 1.29 is 22.7 Å². The first-order valence-electron chi connectivity index (χ1n) is 5.66. The average Bonchev–Trinajstić information content (AvgIpc) is 2.35. The molecule has 0 unspecified atom stereocenters. The van der Waals surface area contributed by atoms with Crippen molar-refractivity contribution in [2.45, 2.75) is 25.4 Å². The number of ether oxygens (including phenoxy) is 1. The first-order valence-corrected chi connectivity index (χ1v) is 5.66. The minimum absolute atomic E-state index is 0.0995. The van der Waals surface area contributed by atoms with Gasteiger partial charge in [-0.25, -0.2) is 0 Å². The number of rotatable bonds is 4. The molecule has 0 fully saturated rings. The lowest BCUT2D eigenvalue weighted by molar-refractivity contribution is -0.173. The molecule has 1 rings (SSSR count). The lowest BCUT2D eigenvalue weighted by Gasteiger charge is -2.26. The molecule has 0 radical (unpaired) electrons. The van der Waals surface area contributed by atoms with Gasteiger partial charge in [-0.2, -0.15) is 13.2 Å². The number of methoxy groups -OCH3 is 1. The summed E-state index contributed by atoms with van der Waals surface area (Å²) in [4.78, 5) is 10.8. The van der Waals surface area contributed by atoms with Crippen LogP contribution in [0, 0.1) is 0 Å². The van der Waals surface area contributed by atoms with Crippen molar-refractivity contribution in [3.05, 3.63) is 29.8 Å². The highest BCUT2D eigenvalue weighted by molar-refractivity contribution is 5.81. The summed E-state index contributed by atoms with van der Waals surface area (Å²) >= 11 is 0. The lowest BCUT2D eigenvalue weighted by atomic mass is 9.84. The van der Waals surface area contributed by atoms with Gasteiger partial charge in [-0.05, 0) is 17.7 Å². The SMILES string of the molecule is COc1ccc(C(C)(C)CNC(=O)C(F)(F)F)cc1. The molecule has 0 atom stereocenters. The molecule has 6 heteroatoms. The average molecular weight is 275 g/mol. The van der Waals surface area contributed by atoms with Gasteiger partial charge < -0.3 is 10.1 Å². The summed E-state index contributed by atoms with van der Waals surface area (Å²) in [5, 5.41) is 1.89. The van der Waals surface area contributed by atoms with Crippen LogP contribution in [0.5, 0.6) is 5.75 Å². The molecule has 1 N–H and O–H groups in total. The third kappa shape index (κ3) is 4.15. The van der Waals surface area contributed by atoms with Crippen molar-refractivity contribution in [3.63, 3.8) is 0 Å². The molecule has 1 aromatic carbocycles. The Morgan fingerprint density at radius 3 is 2.16 bits per heavy atom. The second-order valence-corrected chi connectivity index (χ2v) is 4.79. The van der Waals surface area contributed by atoms with Crippen molar-refractivity contribution >= 4 is 5.91 Å². The van der Waals surface area contributed by atoms with Gasteiger partial charge in [0.25, 0.3) is 0 Å². The molecule has 0 saturated carbocycles. The molecule has 0 aromatic heterocycles. The number of carbonyl (C=O) groups excluding carboxylic acids is 1. The number of alkyl halides is 3. The van der Waals surface area contributed by atoms with E-state index in [0.29, 0.717) is 5.75 Å². The summed E-state index contributed by atoms with van der Waals surface area (Å²) < 4.78 is 41.3. The van der Waals surface area contributed by atoms with E-state index in [0.717, 1.165) is 5.56 Å². The van der Waals surface area contributed by atoms with E-state index in [4.69, 9.17) is 4.74 Å². The van der Waals surface area contributed by atoms with Crippen LogP contribution in [0.2, 0.25) is 0 Å². The van der Waals surface area contributed by atoms with Gasteiger partial charge >= 0.3 is 12.1 Å². The third-order valence-corrected chi connectivity index (χ3v) is 2.82. The summed E-state index contributed by atoms with van der Waals surface area (Å²) in [5.74, 6) is -1.26. The first kappa shape index (κ1) is 15.3. The quantitative estimate of drug-likeness (QED) is 0.917. The Morgan fingerprint density at radius 1 is 1.21 bits per heavy atom. The molecule has 3 nitrogen and oxygen atoms in total. The fourth-order valence-electron chi connectivity index (χ4n) is 1.55. The normalized spacial score (nSPS) is 12.1. The van der Waals surface area contributed by atoms with Crippen molar-refractivity contribution in [2.24, 2.45) is 0 Å². The second kappa shape index (κ2) is 5.50. The van der Waals surface area contributed by atoms with E-state index >= 15 is 0 Å². The summed E-state index contributed by atoms with van der Waals surface area (Å²) in [5.41, 5.74) is 0.212. The third-order valence-electron chi connectivity index (χ3n) is 2.82. The standard InChI is InChI=1S/C13H16F3NO2/c1-12(2,8-17-11(18)13(14,15)16)9-4-6-10(19-3)7-5-9/h4-7H,8H2,1-3H3,(H,17,18). The number of benzene rings is 1. The Balaban J connectivity index is 2.72. The molecule has 19 heavy (non-hydrogen) atoms. The molecule has 1 aromatic rings. The highest BCUT2D eigenvalue weighted by Crippen LogP contribution is 2.25. The smallest absolute Gasteiger partial charge is 0.471 e. The van der Waals surface area contributed by atoms with Crippen LogP contribution in [0.4, 0.5) is 13.2 Å². The van der Waals surface area contributed by atoms with Crippen molar-refractivity contribution in [1.29, 1.82) is 0 Å². The van der Waals surface area contributed by atoms with Crippen LogP contribution < -0.4 is 10.1 Å². The summed E-state index contributed by atoms with van der Waals surface area (Å²) in [6.07, 6.45) is -4.85. The topological polar surface area (TPSA) is 38.3 Å². The molecule has 0 aliphatic heterocycles. The number of carbonyl (C=O) groups is 1. The van der Waals surface area contributed by atoms with E-state index in [-0.39, 0.29) is 6.54 Å². The van der Waals surface area contributed by atoms with E-state index in [1.807, 2.05) is 5.32 Å². The summed E-state index contributed by atoms with van der Waals surface area (Å²) in [7, 11) is 1.53. The molecule has 106 valence electrons. The van der Waals surface area contributed by atoms with Crippen LogP contribution in [0.25, 0.3) is 0 Å². The second-order valence-electron chi connectivity index (χ2n) is 4.79. The van der Waals surface area contributed by atoms with Crippen LogP contribution in [-0.4, -0.2) is 25.7 Å². The van der Waals surface area contributed by atoms with E-state index in [2.05, 4.69) is 0 Å². The Bertz CT molecular complexity index is 438. The molecule has 0 saturated heterocycles. The summed E-state index contributed by atoms with van der Waals surface area (Å²) in [6.45, 7) is 3.41. The largest absolute Gasteiger partial charge is 0.497 e. The van der Waals surface area contributed by atoms with Crippen LogP contribution in [-0.2, 0) is 10.2 Å². The lowest BCUT2D eigenvalue weighted by Crippen LogP contribution is -2.43. The van der Waals surface area contributed by atoms with Crippen molar-refractivity contribution in [3.8, 4) is 5.75 Å². The zero-order valence-corrected chi connectivity index (χ0v) is 11.0. The van der Waals surface area contributed by atoms with Gasteiger partial charge in [-0.1, -0.05) is 26.0 Å². The van der Waals surface area contributed by atoms with Crippen LogP contribution >= 0.6 is 0 Å². The molecule has 0 aliphatic carbocycles. The van der Waals surface area contributed by atoms with Gasteiger partial charge in [0.2, 0.25) is 0 Å². The van der Waals surface area contributed by atoms with Gasteiger partial charge in [0.15, 0.2) is 0 Å². The van der Waals surface area contributed by atoms with Crippen LogP contribution in [0.15, 0.2) is 24.3 Å². The first-order chi connectivity index (χ1) is 8.66. The van der Waals surface area contributed by atoms with Crippen LogP contribution in [0.3, 0.4) is 0 Å².